The van der Waals surface area contributed by atoms with E-state index in [2.05, 4.69) is 4.98 Å². The van der Waals surface area contributed by atoms with Crippen LogP contribution in [0.4, 0.5) is 5.69 Å². The standard InChI is InChI=1S/C15H12N2O3S/c1-8-5-11(9(2)21-8)15-13(7-18)12-6-10(17(19)20)3-4-14(12)16-15/h3-7,16H,1-2H3. The average molecular weight is 300 g/mol. The number of aryl methyl sites for hydroxylation is 2. The maximum atomic E-state index is 11.5. The third-order valence-electron chi connectivity index (χ3n) is 3.46. The number of nitrogens with one attached hydrogen (secondary N) is 1. The van der Waals surface area contributed by atoms with E-state index in [1.807, 2.05) is 19.9 Å². The highest BCUT2D eigenvalue weighted by molar-refractivity contribution is 7.12. The van der Waals surface area contributed by atoms with Crippen LogP contribution in [0.25, 0.3) is 22.2 Å². The number of hydrogen-bond donors (Lipinski definition) is 1. The molecule has 0 saturated carbocycles. The first-order chi connectivity index (χ1) is 10.0. The minimum atomic E-state index is -0.458. The Morgan fingerprint density at radius 3 is 2.62 bits per heavy atom. The van der Waals surface area contributed by atoms with Crippen molar-refractivity contribution < 1.29 is 9.72 Å². The molecule has 0 amide bonds. The van der Waals surface area contributed by atoms with Gasteiger partial charge in [-0.25, -0.2) is 0 Å². The van der Waals surface area contributed by atoms with Gasteiger partial charge in [-0.2, -0.15) is 0 Å². The van der Waals surface area contributed by atoms with Crippen molar-refractivity contribution in [1.82, 2.24) is 4.98 Å². The molecule has 0 aliphatic heterocycles. The third kappa shape index (κ3) is 2.13. The quantitative estimate of drug-likeness (QED) is 0.446. The van der Waals surface area contributed by atoms with Crippen LogP contribution in [0.1, 0.15) is 20.1 Å². The van der Waals surface area contributed by atoms with Gasteiger partial charge in [-0.05, 0) is 26.0 Å². The predicted molar refractivity (Wildman–Crippen MR) is 83.1 cm³/mol. The molecular formula is C15H12N2O3S. The number of aldehydes is 1. The summed E-state index contributed by atoms with van der Waals surface area (Å²) in [5.41, 5.74) is 2.87. The van der Waals surface area contributed by atoms with E-state index in [1.165, 1.54) is 12.1 Å². The Bertz CT molecular complexity index is 877. The van der Waals surface area contributed by atoms with Gasteiger partial charge in [0.1, 0.15) is 0 Å². The highest BCUT2D eigenvalue weighted by Gasteiger charge is 2.18. The molecule has 1 N–H and O–H groups in total. The number of carbonyl (C=O) groups excluding carboxylic acids is 1. The number of nitro benzene ring substituents is 1. The molecular weight excluding hydrogens is 288 g/mol. The first-order valence-electron chi connectivity index (χ1n) is 6.34. The summed E-state index contributed by atoms with van der Waals surface area (Å²) in [4.78, 5) is 27.4. The predicted octanol–water partition coefficient (Wildman–Crippen LogP) is 4.23. The van der Waals surface area contributed by atoms with E-state index in [-0.39, 0.29) is 5.69 Å². The van der Waals surface area contributed by atoms with E-state index < -0.39 is 4.92 Å². The number of H-pyrrole nitrogens is 1. The van der Waals surface area contributed by atoms with Gasteiger partial charge in [0.25, 0.3) is 5.69 Å². The van der Waals surface area contributed by atoms with Gasteiger partial charge in [0, 0.05) is 43.9 Å². The second-order valence-corrected chi connectivity index (χ2v) is 6.31. The Morgan fingerprint density at radius 2 is 2.05 bits per heavy atom. The monoisotopic (exact) mass is 300 g/mol. The van der Waals surface area contributed by atoms with Gasteiger partial charge >= 0.3 is 0 Å². The summed E-state index contributed by atoms with van der Waals surface area (Å²) in [6.45, 7) is 4.00. The number of nitrogens with zero attached hydrogens (tertiary/aromatic N) is 1. The van der Waals surface area contributed by atoms with Crippen LogP contribution in [0.15, 0.2) is 24.3 Å². The smallest absolute Gasteiger partial charge is 0.270 e. The number of fused-ring (bicyclic) bond motifs is 1. The first-order valence-corrected chi connectivity index (χ1v) is 7.15. The van der Waals surface area contributed by atoms with E-state index in [1.54, 1.807) is 17.4 Å². The number of rotatable bonds is 3. The number of carbonyl (C=O) groups is 1. The molecule has 1 aromatic carbocycles. The first kappa shape index (κ1) is 13.5. The van der Waals surface area contributed by atoms with Crippen molar-refractivity contribution in [2.75, 3.05) is 0 Å². The van der Waals surface area contributed by atoms with E-state index in [0.717, 1.165) is 32.8 Å². The van der Waals surface area contributed by atoms with Crippen molar-refractivity contribution >= 4 is 34.2 Å². The van der Waals surface area contributed by atoms with Gasteiger partial charge in [-0.1, -0.05) is 0 Å². The number of aromatic nitrogens is 1. The van der Waals surface area contributed by atoms with Crippen molar-refractivity contribution in [3.05, 3.63) is 49.7 Å². The second-order valence-electron chi connectivity index (χ2n) is 4.85. The van der Waals surface area contributed by atoms with Gasteiger partial charge in [0.05, 0.1) is 10.6 Å². The maximum Gasteiger partial charge on any atom is 0.270 e. The summed E-state index contributed by atoms with van der Waals surface area (Å²) in [6, 6.07) is 6.53. The number of hydrogen-bond acceptors (Lipinski definition) is 4. The third-order valence-corrected chi connectivity index (χ3v) is 4.43. The summed E-state index contributed by atoms with van der Waals surface area (Å²) in [5, 5.41) is 11.5. The molecule has 0 saturated heterocycles. The fraction of sp³-hybridized carbons (Fsp3) is 0.133. The number of thiophene rings is 1. The maximum absolute atomic E-state index is 11.5. The molecule has 2 aromatic heterocycles. The Hall–Kier alpha value is -2.47. The molecule has 0 radical (unpaired) electrons. The van der Waals surface area contributed by atoms with Crippen LogP contribution in [-0.4, -0.2) is 16.2 Å². The van der Waals surface area contributed by atoms with Crippen molar-refractivity contribution in [2.45, 2.75) is 13.8 Å². The number of aromatic amines is 1. The zero-order valence-corrected chi connectivity index (χ0v) is 12.3. The molecule has 0 aliphatic rings. The largest absolute Gasteiger partial charge is 0.354 e. The average Bonchev–Trinajstić information content (AvgIpc) is 2.96. The Balaban J connectivity index is 2.31. The summed E-state index contributed by atoms with van der Waals surface area (Å²) in [7, 11) is 0. The van der Waals surface area contributed by atoms with Gasteiger partial charge in [-0.3, -0.25) is 14.9 Å². The lowest BCUT2D eigenvalue weighted by molar-refractivity contribution is -0.384. The Labute approximate surface area is 124 Å². The summed E-state index contributed by atoms with van der Waals surface area (Å²) in [5.74, 6) is 0. The second kappa shape index (κ2) is 4.82. The van der Waals surface area contributed by atoms with Gasteiger partial charge < -0.3 is 4.98 Å². The lowest BCUT2D eigenvalue weighted by Crippen LogP contribution is -1.87. The molecule has 3 aromatic rings. The molecule has 0 atom stereocenters. The zero-order valence-electron chi connectivity index (χ0n) is 11.5. The van der Waals surface area contributed by atoms with Crippen LogP contribution < -0.4 is 0 Å². The topological polar surface area (TPSA) is 76.0 Å². The van der Waals surface area contributed by atoms with E-state index >= 15 is 0 Å². The molecule has 0 spiro atoms. The number of nitro groups is 1. The van der Waals surface area contributed by atoms with Crippen LogP contribution in [-0.2, 0) is 0 Å². The molecule has 0 bridgehead atoms. The molecule has 2 heterocycles. The summed E-state index contributed by atoms with van der Waals surface area (Å²) in [6.07, 6.45) is 0.754. The highest BCUT2D eigenvalue weighted by Crippen LogP contribution is 2.36. The highest BCUT2D eigenvalue weighted by atomic mass is 32.1. The van der Waals surface area contributed by atoms with Crippen molar-refractivity contribution in [3.63, 3.8) is 0 Å². The van der Waals surface area contributed by atoms with Gasteiger partial charge in [-0.15, -0.1) is 11.3 Å². The SMILES string of the molecule is Cc1cc(-c2[nH]c3ccc([N+](=O)[O-])cc3c2C=O)c(C)s1. The molecule has 0 unspecified atom stereocenters. The van der Waals surface area contributed by atoms with E-state index in [0.29, 0.717) is 10.9 Å². The molecule has 106 valence electrons. The summed E-state index contributed by atoms with van der Waals surface area (Å²) < 4.78 is 0. The van der Waals surface area contributed by atoms with Crippen molar-refractivity contribution in [3.8, 4) is 11.3 Å². The minimum Gasteiger partial charge on any atom is -0.354 e. The fourth-order valence-corrected chi connectivity index (χ4v) is 3.46. The van der Waals surface area contributed by atoms with Crippen LogP contribution in [0.2, 0.25) is 0 Å². The number of benzene rings is 1. The van der Waals surface area contributed by atoms with E-state index in [9.17, 15) is 14.9 Å². The van der Waals surface area contributed by atoms with Crippen molar-refractivity contribution in [2.24, 2.45) is 0 Å². The van der Waals surface area contributed by atoms with Crippen LogP contribution in [0, 0.1) is 24.0 Å². The minimum absolute atomic E-state index is 0.0191. The fourth-order valence-electron chi connectivity index (χ4n) is 2.53. The Kier molecular flexibility index (Phi) is 3.10. The van der Waals surface area contributed by atoms with Crippen molar-refractivity contribution in [1.29, 1.82) is 0 Å². The lowest BCUT2D eigenvalue weighted by Gasteiger charge is -1.97. The van der Waals surface area contributed by atoms with Crippen LogP contribution >= 0.6 is 11.3 Å². The molecule has 5 nitrogen and oxygen atoms in total. The van der Waals surface area contributed by atoms with Crippen LogP contribution in [0.3, 0.4) is 0 Å². The molecule has 0 aliphatic carbocycles. The van der Waals surface area contributed by atoms with Gasteiger partial charge in [0.15, 0.2) is 6.29 Å². The lowest BCUT2D eigenvalue weighted by atomic mass is 10.1. The molecule has 3 rings (SSSR count). The Morgan fingerprint density at radius 1 is 1.29 bits per heavy atom. The molecule has 21 heavy (non-hydrogen) atoms. The molecule has 6 heteroatoms. The van der Waals surface area contributed by atoms with Gasteiger partial charge in [0.2, 0.25) is 0 Å². The normalized spacial score (nSPS) is 11.0. The number of non-ortho nitro benzene ring substituents is 1. The van der Waals surface area contributed by atoms with Crippen LogP contribution in [0.5, 0.6) is 0 Å². The van der Waals surface area contributed by atoms with E-state index in [4.69, 9.17) is 0 Å². The molecule has 0 fully saturated rings. The summed E-state index contributed by atoms with van der Waals surface area (Å²) >= 11 is 1.66. The zero-order chi connectivity index (χ0) is 15.1.